The number of hydrogen-bond donors (Lipinski definition) is 1. The first-order valence-electron chi connectivity index (χ1n) is 4.54. The molecule has 0 saturated carbocycles. The topological polar surface area (TPSA) is 24.9 Å². The summed E-state index contributed by atoms with van der Waals surface area (Å²) in [5.41, 5.74) is 0.990. The highest BCUT2D eigenvalue weighted by Crippen LogP contribution is 2.22. The smallest absolute Gasteiger partial charge is 0.129 e. The van der Waals surface area contributed by atoms with E-state index in [1.165, 1.54) is 11.9 Å². The zero-order valence-electron chi connectivity index (χ0n) is 8.15. The second kappa shape index (κ2) is 5.43. The van der Waals surface area contributed by atoms with Crippen LogP contribution in [-0.2, 0) is 0 Å². The lowest BCUT2D eigenvalue weighted by molar-refractivity contribution is 1.24. The molecule has 0 amide bonds. The van der Waals surface area contributed by atoms with Crippen LogP contribution in [0.3, 0.4) is 0 Å². The molecule has 2 aromatic rings. The molecule has 0 radical (unpaired) electrons. The first-order chi connectivity index (χ1) is 7.74. The van der Waals surface area contributed by atoms with Crippen LogP contribution in [0.1, 0.15) is 0 Å². The average Bonchev–Trinajstić information content (AvgIpc) is 2.30. The molecule has 1 N–H and O–H groups in total. The number of aromatic nitrogens is 1. The van der Waals surface area contributed by atoms with Gasteiger partial charge < -0.3 is 4.72 Å². The number of anilines is 1. The first-order valence-corrected chi connectivity index (χ1v) is 6.11. The van der Waals surface area contributed by atoms with Gasteiger partial charge in [-0.05, 0) is 48.3 Å². The van der Waals surface area contributed by atoms with E-state index in [1.54, 1.807) is 12.3 Å². The van der Waals surface area contributed by atoms with Crippen LogP contribution in [-0.4, -0.2) is 4.98 Å². The Bertz CT molecular complexity index is 411. The molecule has 0 aliphatic carbocycles. The molecular formula is C11H8Cl2N2S. The minimum Gasteiger partial charge on any atom is -0.326 e. The summed E-state index contributed by atoms with van der Waals surface area (Å²) in [7, 11) is 0. The zero-order chi connectivity index (χ0) is 11.4. The number of nitrogens with zero attached hydrogens (tertiary/aromatic N) is 1. The van der Waals surface area contributed by atoms with E-state index in [1.807, 2.05) is 30.3 Å². The van der Waals surface area contributed by atoms with Gasteiger partial charge in [0.1, 0.15) is 5.15 Å². The van der Waals surface area contributed by atoms with Crippen LogP contribution in [0.25, 0.3) is 0 Å². The summed E-state index contributed by atoms with van der Waals surface area (Å²) in [6, 6.07) is 11.2. The van der Waals surface area contributed by atoms with Crippen molar-refractivity contribution < 1.29 is 0 Å². The summed E-state index contributed by atoms with van der Waals surface area (Å²) >= 11 is 13.0. The highest BCUT2D eigenvalue weighted by molar-refractivity contribution is 8.00. The standard InChI is InChI=1S/C11H8Cl2N2S/c12-8-1-3-9(4-2-8)15-16-10-5-6-11(13)14-7-10/h1-7,15H. The third-order valence-corrected chi connectivity index (χ3v) is 3.12. The van der Waals surface area contributed by atoms with Crippen LogP contribution in [0.4, 0.5) is 5.69 Å². The van der Waals surface area contributed by atoms with E-state index < -0.39 is 0 Å². The number of rotatable bonds is 3. The molecule has 1 aromatic carbocycles. The molecular weight excluding hydrogens is 263 g/mol. The molecule has 0 aliphatic rings. The third kappa shape index (κ3) is 3.30. The third-order valence-electron chi connectivity index (χ3n) is 1.83. The molecule has 0 saturated heterocycles. The van der Waals surface area contributed by atoms with Crippen LogP contribution in [0, 0.1) is 0 Å². The van der Waals surface area contributed by atoms with E-state index in [4.69, 9.17) is 23.2 Å². The maximum atomic E-state index is 5.79. The van der Waals surface area contributed by atoms with Crippen LogP contribution < -0.4 is 4.72 Å². The van der Waals surface area contributed by atoms with Gasteiger partial charge in [-0.1, -0.05) is 23.2 Å². The Hall–Kier alpha value is -0.900. The van der Waals surface area contributed by atoms with Crippen molar-refractivity contribution >= 4 is 40.8 Å². The molecule has 2 rings (SSSR count). The van der Waals surface area contributed by atoms with Gasteiger partial charge in [-0.25, -0.2) is 4.98 Å². The van der Waals surface area contributed by atoms with Gasteiger partial charge in [0.15, 0.2) is 0 Å². The van der Waals surface area contributed by atoms with E-state index in [0.717, 1.165) is 15.6 Å². The number of hydrogen-bond acceptors (Lipinski definition) is 3. The lowest BCUT2D eigenvalue weighted by atomic mass is 10.3. The maximum absolute atomic E-state index is 5.79. The fourth-order valence-electron chi connectivity index (χ4n) is 1.06. The molecule has 1 aromatic heterocycles. The maximum Gasteiger partial charge on any atom is 0.129 e. The fourth-order valence-corrected chi connectivity index (χ4v) is 1.91. The number of pyridine rings is 1. The normalized spacial score (nSPS) is 10.1. The summed E-state index contributed by atoms with van der Waals surface area (Å²) in [4.78, 5) is 4.99. The molecule has 0 atom stereocenters. The quantitative estimate of drug-likeness (QED) is 0.656. The Morgan fingerprint density at radius 1 is 1.00 bits per heavy atom. The van der Waals surface area contributed by atoms with E-state index >= 15 is 0 Å². The Morgan fingerprint density at radius 2 is 1.75 bits per heavy atom. The molecule has 1 heterocycles. The molecule has 0 unspecified atom stereocenters. The van der Waals surface area contributed by atoms with Crippen molar-refractivity contribution in [3.8, 4) is 0 Å². The van der Waals surface area contributed by atoms with Crippen molar-refractivity contribution in [2.75, 3.05) is 4.72 Å². The Morgan fingerprint density at radius 3 is 2.38 bits per heavy atom. The predicted octanol–water partition coefficient (Wildman–Crippen LogP) is 4.51. The lowest BCUT2D eigenvalue weighted by Gasteiger charge is -2.04. The number of benzene rings is 1. The molecule has 16 heavy (non-hydrogen) atoms. The Balaban J connectivity index is 1.97. The Kier molecular flexibility index (Phi) is 3.93. The second-order valence-corrected chi connectivity index (χ2v) is 4.73. The van der Waals surface area contributed by atoms with Crippen molar-refractivity contribution in [3.63, 3.8) is 0 Å². The SMILES string of the molecule is Clc1ccc(NSc2ccc(Cl)nc2)cc1. The largest absolute Gasteiger partial charge is 0.326 e. The summed E-state index contributed by atoms with van der Waals surface area (Å²) < 4.78 is 3.18. The van der Waals surface area contributed by atoms with Gasteiger partial charge in [0, 0.05) is 21.8 Å². The molecule has 0 fully saturated rings. The second-order valence-electron chi connectivity index (χ2n) is 3.03. The van der Waals surface area contributed by atoms with E-state index in [0.29, 0.717) is 5.15 Å². The van der Waals surface area contributed by atoms with E-state index in [2.05, 4.69) is 9.71 Å². The molecule has 5 heteroatoms. The molecule has 0 aliphatic heterocycles. The van der Waals surface area contributed by atoms with Gasteiger partial charge in [-0.3, -0.25) is 0 Å². The zero-order valence-corrected chi connectivity index (χ0v) is 10.5. The van der Waals surface area contributed by atoms with Crippen LogP contribution in [0.5, 0.6) is 0 Å². The summed E-state index contributed by atoms with van der Waals surface area (Å²) in [5.74, 6) is 0. The van der Waals surface area contributed by atoms with Crippen LogP contribution in [0.15, 0.2) is 47.5 Å². The summed E-state index contributed by atoms with van der Waals surface area (Å²) in [6.45, 7) is 0. The minimum atomic E-state index is 0.496. The van der Waals surface area contributed by atoms with Gasteiger partial charge in [0.05, 0.1) is 0 Å². The predicted molar refractivity (Wildman–Crippen MR) is 70.2 cm³/mol. The van der Waals surface area contributed by atoms with Gasteiger partial charge in [0.2, 0.25) is 0 Å². The summed E-state index contributed by atoms with van der Waals surface area (Å²) in [5, 5.41) is 1.22. The monoisotopic (exact) mass is 270 g/mol. The van der Waals surface area contributed by atoms with E-state index in [9.17, 15) is 0 Å². The Labute approximate surface area is 108 Å². The van der Waals surface area contributed by atoms with Crippen molar-refractivity contribution in [2.24, 2.45) is 0 Å². The van der Waals surface area contributed by atoms with Crippen LogP contribution >= 0.6 is 35.1 Å². The number of nitrogens with one attached hydrogen (secondary N) is 1. The minimum absolute atomic E-state index is 0.496. The van der Waals surface area contributed by atoms with Gasteiger partial charge >= 0.3 is 0 Å². The van der Waals surface area contributed by atoms with Crippen molar-refractivity contribution in [1.82, 2.24) is 4.98 Å². The molecule has 0 bridgehead atoms. The molecule has 0 spiro atoms. The van der Waals surface area contributed by atoms with Crippen molar-refractivity contribution in [2.45, 2.75) is 4.90 Å². The highest BCUT2D eigenvalue weighted by Gasteiger charge is 1.96. The highest BCUT2D eigenvalue weighted by atomic mass is 35.5. The fraction of sp³-hybridized carbons (Fsp3) is 0. The molecule has 82 valence electrons. The lowest BCUT2D eigenvalue weighted by Crippen LogP contribution is -1.86. The number of halogens is 2. The average molecular weight is 271 g/mol. The van der Waals surface area contributed by atoms with Crippen molar-refractivity contribution in [1.29, 1.82) is 0 Å². The first kappa shape index (κ1) is 11.6. The molecule has 2 nitrogen and oxygen atoms in total. The van der Waals surface area contributed by atoms with Crippen LogP contribution in [0.2, 0.25) is 10.2 Å². The van der Waals surface area contributed by atoms with Gasteiger partial charge in [-0.15, -0.1) is 0 Å². The van der Waals surface area contributed by atoms with E-state index in [-0.39, 0.29) is 0 Å². The van der Waals surface area contributed by atoms with Crippen molar-refractivity contribution in [3.05, 3.63) is 52.8 Å². The van der Waals surface area contributed by atoms with Gasteiger partial charge in [-0.2, -0.15) is 0 Å². The van der Waals surface area contributed by atoms with Gasteiger partial charge in [0.25, 0.3) is 0 Å². The summed E-state index contributed by atoms with van der Waals surface area (Å²) in [6.07, 6.45) is 1.72.